The molecule has 0 radical (unpaired) electrons. The van der Waals surface area contributed by atoms with Crippen LogP contribution in [0, 0.1) is 6.92 Å². The van der Waals surface area contributed by atoms with Crippen LogP contribution in [0.3, 0.4) is 0 Å². The molecule has 1 aliphatic rings. The fraction of sp³-hybridized carbons (Fsp3) is 0.375. The van der Waals surface area contributed by atoms with Gasteiger partial charge in [0.15, 0.2) is 5.78 Å². The van der Waals surface area contributed by atoms with Crippen molar-refractivity contribution in [3.63, 3.8) is 0 Å². The minimum absolute atomic E-state index is 0.109. The molecule has 1 aromatic heterocycles. The van der Waals surface area contributed by atoms with Gasteiger partial charge < -0.3 is 4.90 Å². The Balaban J connectivity index is 2.29. The normalized spacial score (nSPS) is 15.2. The van der Waals surface area contributed by atoms with E-state index in [1.807, 2.05) is 31.2 Å². The molecule has 0 N–H and O–H groups in total. The van der Waals surface area contributed by atoms with E-state index in [1.165, 1.54) is 12.8 Å². The van der Waals surface area contributed by atoms with Crippen molar-refractivity contribution in [1.29, 1.82) is 0 Å². The summed E-state index contributed by atoms with van der Waals surface area (Å²) in [6, 6.07) is 8.05. The van der Waals surface area contributed by atoms with E-state index < -0.39 is 0 Å². The highest BCUT2D eigenvalue weighted by Crippen LogP contribution is 2.30. The number of hydrogen-bond donors (Lipinski definition) is 0. The highest BCUT2D eigenvalue weighted by atomic mass is 16.1. The van der Waals surface area contributed by atoms with Crippen LogP contribution < -0.4 is 4.90 Å². The first kappa shape index (κ1) is 12.2. The molecule has 19 heavy (non-hydrogen) atoms. The zero-order valence-electron chi connectivity index (χ0n) is 11.4. The second kappa shape index (κ2) is 4.65. The molecule has 3 heteroatoms. The summed E-state index contributed by atoms with van der Waals surface area (Å²) in [5.41, 5.74) is 2.83. The van der Waals surface area contributed by atoms with Crippen LogP contribution in [0.4, 0.5) is 5.82 Å². The molecule has 3 rings (SSSR count). The highest BCUT2D eigenvalue weighted by Gasteiger charge is 2.22. The molecule has 1 aromatic carbocycles. The number of rotatable bonds is 2. The van der Waals surface area contributed by atoms with E-state index >= 15 is 0 Å². The van der Waals surface area contributed by atoms with Crippen molar-refractivity contribution < 1.29 is 4.79 Å². The predicted molar refractivity (Wildman–Crippen MR) is 77.9 cm³/mol. The van der Waals surface area contributed by atoms with Crippen LogP contribution in [0.5, 0.6) is 0 Å². The molecule has 2 aromatic rings. The number of ketones is 1. The van der Waals surface area contributed by atoms with Gasteiger partial charge in [-0.25, -0.2) is 4.98 Å². The maximum Gasteiger partial charge on any atom is 0.163 e. The number of para-hydroxylation sites is 1. The molecule has 0 aliphatic carbocycles. The molecular weight excluding hydrogens is 236 g/mol. The molecule has 1 fully saturated rings. The highest BCUT2D eigenvalue weighted by molar-refractivity contribution is 6.04. The summed E-state index contributed by atoms with van der Waals surface area (Å²) in [7, 11) is 0. The predicted octanol–water partition coefficient (Wildman–Crippen LogP) is 3.35. The molecule has 0 saturated carbocycles. The number of hydrogen-bond acceptors (Lipinski definition) is 3. The van der Waals surface area contributed by atoms with Crippen LogP contribution in [-0.2, 0) is 0 Å². The van der Waals surface area contributed by atoms with E-state index in [0.29, 0.717) is 0 Å². The van der Waals surface area contributed by atoms with E-state index in [0.717, 1.165) is 40.9 Å². The van der Waals surface area contributed by atoms with Crippen LogP contribution >= 0.6 is 0 Å². The minimum Gasteiger partial charge on any atom is -0.356 e. The fourth-order valence-electron chi connectivity index (χ4n) is 2.94. The van der Waals surface area contributed by atoms with Gasteiger partial charge in [0, 0.05) is 18.5 Å². The standard InChI is InChI=1S/C16H18N2O/c1-11-13-7-3-4-8-14(13)17-16(15(11)12(2)19)18-9-5-6-10-18/h3-4,7-8H,5-6,9-10H2,1-2H3. The van der Waals surface area contributed by atoms with Crippen LogP contribution in [0.2, 0.25) is 0 Å². The molecule has 98 valence electrons. The summed E-state index contributed by atoms with van der Waals surface area (Å²) >= 11 is 0. The molecule has 0 bridgehead atoms. The van der Waals surface area contributed by atoms with Crippen LogP contribution in [0.1, 0.15) is 35.7 Å². The van der Waals surface area contributed by atoms with Gasteiger partial charge >= 0.3 is 0 Å². The third-order valence-corrected chi connectivity index (χ3v) is 3.89. The fourth-order valence-corrected chi connectivity index (χ4v) is 2.94. The van der Waals surface area contributed by atoms with Crippen LogP contribution in [0.25, 0.3) is 10.9 Å². The lowest BCUT2D eigenvalue weighted by molar-refractivity contribution is 0.101. The molecule has 0 unspecified atom stereocenters. The zero-order valence-corrected chi connectivity index (χ0v) is 11.4. The Bertz CT molecular complexity index is 642. The summed E-state index contributed by atoms with van der Waals surface area (Å²) < 4.78 is 0. The van der Waals surface area contributed by atoms with Gasteiger partial charge in [0.05, 0.1) is 11.1 Å². The summed E-state index contributed by atoms with van der Waals surface area (Å²) in [6.45, 7) is 5.68. The van der Waals surface area contributed by atoms with Gasteiger partial charge in [-0.1, -0.05) is 18.2 Å². The van der Waals surface area contributed by atoms with E-state index in [9.17, 15) is 4.79 Å². The zero-order chi connectivity index (χ0) is 13.4. The largest absolute Gasteiger partial charge is 0.356 e. The average molecular weight is 254 g/mol. The Kier molecular flexibility index (Phi) is 2.97. The number of pyridine rings is 1. The quantitative estimate of drug-likeness (QED) is 0.771. The molecule has 0 spiro atoms. The molecule has 1 saturated heterocycles. The number of aryl methyl sites for hydroxylation is 1. The number of nitrogens with zero attached hydrogens (tertiary/aromatic N) is 2. The molecule has 3 nitrogen and oxygen atoms in total. The van der Waals surface area contributed by atoms with Gasteiger partial charge in [-0.15, -0.1) is 0 Å². The molecule has 2 heterocycles. The first-order chi connectivity index (χ1) is 9.18. The first-order valence-corrected chi connectivity index (χ1v) is 6.83. The lowest BCUT2D eigenvalue weighted by Gasteiger charge is -2.21. The maximum absolute atomic E-state index is 12.0. The lowest BCUT2D eigenvalue weighted by Crippen LogP contribution is -2.22. The molecule has 1 aliphatic heterocycles. The van der Waals surface area contributed by atoms with Gasteiger partial charge in [-0.3, -0.25) is 4.79 Å². The van der Waals surface area contributed by atoms with Gasteiger partial charge in [0.2, 0.25) is 0 Å². The smallest absolute Gasteiger partial charge is 0.163 e. The Morgan fingerprint density at radius 2 is 1.89 bits per heavy atom. The molecule has 0 amide bonds. The number of aromatic nitrogens is 1. The number of benzene rings is 1. The monoisotopic (exact) mass is 254 g/mol. The summed E-state index contributed by atoms with van der Waals surface area (Å²) in [5, 5.41) is 1.08. The van der Waals surface area contributed by atoms with Crippen molar-refractivity contribution >= 4 is 22.5 Å². The summed E-state index contributed by atoms with van der Waals surface area (Å²) in [5.74, 6) is 0.985. The molecular formula is C16H18N2O. The van der Waals surface area contributed by atoms with Gasteiger partial charge in [-0.2, -0.15) is 0 Å². The summed E-state index contributed by atoms with van der Waals surface area (Å²) in [6.07, 6.45) is 2.37. The number of Topliss-reactive ketones (excluding diaryl/α,β-unsaturated/α-hetero) is 1. The van der Waals surface area contributed by atoms with Crippen molar-refractivity contribution in [2.24, 2.45) is 0 Å². The Morgan fingerprint density at radius 3 is 2.58 bits per heavy atom. The van der Waals surface area contributed by atoms with Crippen molar-refractivity contribution in [2.75, 3.05) is 18.0 Å². The lowest BCUT2D eigenvalue weighted by atomic mass is 10.0. The number of fused-ring (bicyclic) bond motifs is 1. The van der Waals surface area contributed by atoms with Crippen LogP contribution in [0.15, 0.2) is 24.3 Å². The minimum atomic E-state index is 0.109. The Morgan fingerprint density at radius 1 is 1.21 bits per heavy atom. The third-order valence-electron chi connectivity index (χ3n) is 3.89. The Labute approximate surface area is 113 Å². The van der Waals surface area contributed by atoms with Gasteiger partial charge in [0.25, 0.3) is 0 Å². The van der Waals surface area contributed by atoms with E-state index in [2.05, 4.69) is 4.90 Å². The van der Waals surface area contributed by atoms with Crippen molar-refractivity contribution in [3.8, 4) is 0 Å². The van der Waals surface area contributed by atoms with Crippen molar-refractivity contribution in [2.45, 2.75) is 26.7 Å². The Hall–Kier alpha value is -1.90. The van der Waals surface area contributed by atoms with E-state index in [-0.39, 0.29) is 5.78 Å². The topological polar surface area (TPSA) is 33.2 Å². The second-order valence-corrected chi connectivity index (χ2v) is 5.20. The van der Waals surface area contributed by atoms with Crippen molar-refractivity contribution in [1.82, 2.24) is 4.98 Å². The second-order valence-electron chi connectivity index (χ2n) is 5.20. The molecule has 0 atom stereocenters. The maximum atomic E-state index is 12.0. The third kappa shape index (κ3) is 1.99. The van der Waals surface area contributed by atoms with Gasteiger partial charge in [-0.05, 0) is 38.3 Å². The van der Waals surface area contributed by atoms with Crippen LogP contribution in [-0.4, -0.2) is 23.9 Å². The first-order valence-electron chi connectivity index (χ1n) is 6.83. The number of anilines is 1. The summed E-state index contributed by atoms with van der Waals surface area (Å²) in [4.78, 5) is 19.0. The van der Waals surface area contributed by atoms with E-state index in [1.54, 1.807) is 6.92 Å². The van der Waals surface area contributed by atoms with E-state index in [4.69, 9.17) is 4.98 Å². The SMILES string of the molecule is CC(=O)c1c(N2CCCC2)nc2ccccc2c1C. The number of carbonyl (C=O) groups excluding carboxylic acids is 1. The van der Waals surface area contributed by atoms with Gasteiger partial charge in [0.1, 0.15) is 5.82 Å². The number of carbonyl (C=O) groups is 1. The average Bonchev–Trinajstić information content (AvgIpc) is 2.92. The van der Waals surface area contributed by atoms with Crippen molar-refractivity contribution in [3.05, 3.63) is 35.4 Å².